The van der Waals surface area contributed by atoms with Gasteiger partial charge in [-0.05, 0) is 67.1 Å². The first-order valence-corrected chi connectivity index (χ1v) is 11.7. The van der Waals surface area contributed by atoms with Crippen molar-refractivity contribution in [3.63, 3.8) is 0 Å². The summed E-state index contributed by atoms with van der Waals surface area (Å²) in [5.41, 5.74) is 4.14. The Kier molecular flexibility index (Phi) is 10.2. The van der Waals surface area contributed by atoms with E-state index >= 15 is 0 Å². The molecule has 0 aliphatic carbocycles. The first-order valence-electron chi connectivity index (χ1n) is 11.7. The molecule has 0 aromatic heterocycles. The van der Waals surface area contributed by atoms with Gasteiger partial charge in [0.15, 0.2) is 0 Å². The Morgan fingerprint density at radius 1 is 1.06 bits per heavy atom. The number of allylic oxidation sites excluding steroid dienone is 4. The predicted molar refractivity (Wildman–Crippen MR) is 134 cm³/mol. The van der Waals surface area contributed by atoms with Crippen molar-refractivity contribution in [2.75, 3.05) is 5.32 Å². The van der Waals surface area contributed by atoms with Gasteiger partial charge in [0.1, 0.15) is 0 Å². The number of carbonyl (C=O) groups is 1. The van der Waals surface area contributed by atoms with Crippen LogP contribution >= 0.6 is 0 Å². The Labute approximate surface area is 201 Å². The lowest BCUT2D eigenvalue weighted by Crippen LogP contribution is -2.15. The molecule has 0 saturated heterocycles. The van der Waals surface area contributed by atoms with Crippen LogP contribution in [-0.2, 0) is 12.8 Å². The number of carbonyl (C=O) groups excluding carboxylic acids is 1. The van der Waals surface area contributed by atoms with Gasteiger partial charge in [0.25, 0.3) is 5.91 Å². The van der Waals surface area contributed by atoms with Crippen molar-refractivity contribution in [1.82, 2.24) is 0 Å². The minimum atomic E-state index is -4.31. The molecular weight excluding hydrogens is 435 g/mol. The summed E-state index contributed by atoms with van der Waals surface area (Å²) < 4.78 is 38.9. The van der Waals surface area contributed by atoms with Crippen LogP contribution in [0.3, 0.4) is 0 Å². The average Bonchev–Trinajstić information content (AvgIpc) is 2.78. The second kappa shape index (κ2) is 12.8. The zero-order chi connectivity index (χ0) is 25.1. The van der Waals surface area contributed by atoms with E-state index in [0.717, 1.165) is 36.0 Å². The van der Waals surface area contributed by atoms with Crippen LogP contribution in [0.15, 0.2) is 60.2 Å². The number of aryl methyl sites for hydroxylation is 2. The molecule has 2 aromatic carbocycles. The van der Waals surface area contributed by atoms with Crippen LogP contribution in [0.1, 0.15) is 72.6 Å². The molecule has 0 aliphatic heterocycles. The molecular formula is C29H32F3NO. The van der Waals surface area contributed by atoms with Gasteiger partial charge in [0, 0.05) is 22.4 Å². The highest BCUT2D eigenvalue weighted by Crippen LogP contribution is 2.26. The quantitative estimate of drug-likeness (QED) is 0.310. The summed E-state index contributed by atoms with van der Waals surface area (Å²) in [5, 5.41) is 2.73. The zero-order valence-electron chi connectivity index (χ0n) is 20.3. The van der Waals surface area contributed by atoms with Crippen molar-refractivity contribution in [2.45, 2.75) is 66.0 Å². The molecule has 0 fully saturated rings. The maximum absolute atomic E-state index is 13.0. The van der Waals surface area contributed by atoms with Crippen molar-refractivity contribution in [2.24, 2.45) is 0 Å². The van der Waals surface area contributed by atoms with Crippen LogP contribution in [-0.4, -0.2) is 12.1 Å². The van der Waals surface area contributed by atoms with Crippen molar-refractivity contribution >= 4 is 11.6 Å². The van der Waals surface area contributed by atoms with E-state index in [-0.39, 0.29) is 5.56 Å². The Morgan fingerprint density at radius 2 is 1.82 bits per heavy atom. The van der Waals surface area contributed by atoms with Crippen molar-refractivity contribution in [1.29, 1.82) is 0 Å². The summed E-state index contributed by atoms with van der Waals surface area (Å²) in [6, 6.07) is 9.91. The highest BCUT2D eigenvalue weighted by Gasteiger charge is 2.28. The van der Waals surface area contributed by atoms with Crippen LogP contribution in [0, 0.1) is 18.8 Å². The average molecular weight is 468 g/mol. The summed E-state index contributed by atoms with van der Waals surface area (Å²) in [6.45, 7) is 7.91. The molecule has 1 N–H and O–H groups in total. The number of benzene rings is 2. The zero-order valence-corrected chi connectivity index (χ0v) is 20.3. The summed E-state index contributed by atoms with van der Waals surface area (Å²) in [5.74, 6) is 5.96. The van der Waals surface area contributed by atoms with Crippen LogP contribution in [0.25, 0.3) is 0 Å². The Hall–Kier alpha value is -3.26. The molecule has 2 rings (SSSR count). The standard InChI is InChI=1S/C29H32F3NO/c1-5-8-10-22(11-9-6-2)13-15-24-18-25(14-12-21(24)4)28(34)33-27-17-16-23(7-3)26(19-27)20-29(30,31)32/h8,10-12,14,16-19H,5-7,9,20H2,1-4H3,(H,33,34)/b10-8+,22-11+. The Balaban J connectivity index is 2.28. The van der Waals surface area contributed by atoms with E-state index in [1.165, 1.54) is 6.07 Å². The lowest BCUT2D eigenvalue weighted by Gasteiger charge is -2.13. The largest absolute Gasteiger partial charge is 0.393 e. The number of alkyl halides is 3. The van der Waals surface area contributed by atoms with E-state index in [4.69, 9.17) is 0 Å². The van der Waals surface area contributed by atoms with E-state index in [1.807, 2.05) is 26.0 Å². The summed E-state index contributed by atoms with van der Waals surface area (Å²) in [7, 11) is 0. The van der Waals surface area contributed by atoms with Gasteiger partial charge < -0.3 is 5.32 Å². The third kappa shape index (κ3) is 8.59. The fraction of sp³-hybridized carbons (Fsp3) is 0.345. The molecule has 34 heavy (non-hydrogen) atoms. The molecule has 0 spiro atoms. The summed E-state index contributed by atoms with van der Waals surface area (Å²) in [4.78, 5) is 12.8. The number of halogens is 3. The fourth-order valence-corrected chi connectivity index (χ4v) is 3.38. The molecule has 0 atom stereocenters. The van der Waals surface area contributed by atoms with E-state index in [0.29, 0.717) is 23.2 Å². The monoisotopic (exact) mass is 467 g/mol. The Morgan fingerprint density at radius 3 is 2.47 bits per heavy atom. The SMILES string of the molecule is CC/C=C/C(C#Cc1cc(C(=O)Nc2ccc(CC)c(CC(F)(F)F)c2)ccc1C)=C\CCC. The molecule has 0 bridgehead atoms. The second-order valence-electron chi connectivity index (χ2n) is 8.12. The maximum atomic E-state index is 13.0. The molecule has 5 heteroatoms. The van der Waals surface area contributed by atoms with Gasteiger partial charge in [-0.25, -0.2) is 0 Å². The van der Waals surface area contributed by atoms with Gasteiger partial charge in [-0.15, -0.1) is 0 Å². The highest BCUT2D eigenvalue weighted by molar-refractivity contribution is 6.04. The molecule has 2 nitrogen and oxygen atoms in total. The van der Waals surface area contributed by atoms with E-state index in [1.54, 1.807) is 24.3 Å². The lowest BCUT2D eigenvalue weighted by molar-refractivity contribution is -0.127. The van der Waals surface area contributed by atoms with Gasteiger partial charge >= 0.3 is 6.18 Å². The second-order valence-corrected chi connectivity index (χ2v) is 8.12. The highest BCUT2D eigenvalue weighted by atomic mass is 19.4. The number of amides is 1. The van der Waals surface area contributed by atoms with Gasteiger partial charge in [0.2, 0.25) is 0 Å². The minimum Gasteiger partial charge on any atom is -0.322 e. The van der Waals surface area contributed by atoms with Gasteiger partial charge in [-0.3, -0.25) is 4.79 Å². The molecule has 0 saturated carbocycles. The Bertz CT molecular complexity index is 1110. The maximum Gasteiger partial charge on any atom is 0.393 e. The van der Waals surface area contributed by atoms with E-state index in [2.05, 4.69) is 43.2 Å². The van der Waals surface area contributed by atoms with Crippen LogP contribution in [0.4, 0.5) is 18.9 Å². The van der Waals surface area contributed by atoms with Gasteiger partial charge in [0.05, 0.1) is 6.42 Å². The first-order chi connectivity index (χ1) is 16.2. The number of rotatable bonds is 8. The number of unbranched alkanes of at least 4 members (excludes halogenated alkanes) is 1. The van der Waals surface area contributed by atoms with Crippen LogP contribution in [0.5, 0.6) is 0 Å². The lowest BCUT2D eigenvalue weighted by atomic mass is 10.0. The molecule has 0 aliphatic rings. The van der Waals surface area contributed by atoms with Crippen molar-refractivity contribution in [3.05, 3.63) is 88.0 Å². The van der Waals surface area contributed by atoms with Crippen LogP contribution < -0.4 is 5.32 Å². The number of anilines is 1. The van der Waals surface area contributed by atoms with E-state index in [9.17, 15) is 18.0 Å². The minimum absolute atomic E-state index is 0.176. The third-order valence-corrected chi connectivity index (χ3v) is 5.26. The first kappa shape index (κ1) is 27.0. The molecule has 0 unspecified atom stereocenters. The predicted octanol–water partition coefficient (Wildman–Crippen LogP) is 7.96. The summed E-state index contributed by atoms with van der Waals surface area (Å²) in [6.07, 6.45) is 4.21. The van der Waals surface area contributed by atoms with Crippen molar-refractivity contribution in [3.8, 4) is 11.8 Å². The molecule has 180 valence electrons. The number of hydrogen-bond donors (Lipinski definition) is 1. The third-order valence-electron chi connectivity index (χ3n) is 5.26. The number of hydrogen-bond acceptors (Lipinski definition) is 1. The number of nitrogens with one attached hydrogen (secondary N) is 1. The fourth-order valence-electron chi connectivity index (χ4n) is 3.38. The summed E-state index contributed by atoms with van der Waals surface area (Å²) >= 11 is 0. The van der Waals surface area contributed by atoms with Gasteiger partial charge in [-0.2, -0.15) is 13.2 Å². The molecule has 2 aromatic rings. The molecule has 1 amide bonds. The van der Waals surface area contributed by atoms with E-state index < -0.39 is 18.5 Å². The van der Waals surface area contributed by atoms with Crippen molar-refractivity contribution < 1.29 is 18.0 Å². The van der Waals surface area contributed by atoms with Crippen LogP contribution in [0.2, 0.25) is 0 Å². The van der Waals surface area contributed by atoms with Gasteiger partial charge in [-0.1, -0.05) is 69.4 Å². The topological polar surface area (TPSA) is 29.1 Å². The molecule has 0 heterocycles. The normalized spacial score (nSPS) is 11.9. The smallest absolute Gasteiger partial charge is 0.322 e. The molecule has 0 radical (unpaired) electrons.